The Morgan fingerprint density at radius 1 is 1.30 bits per heavy atom. The molecular formula is C23H33N3O6S. The number of fused-ring (bicyclic) bond motifs is 1. The fourth-order valence-corrected chi connectivity index (χ4v) is 5.15. The van der Waals surface area contributed by atoms with E-state index >= 15 is 0 Å². The molecule has 10 heteroatoms. The average Bonchev–Trinajstić information content (AvgIpc) is 2.93. The van der Waals surface area contributed by atoms with E-state index in [1.54, 1.807) is 19.1 Å². The van der Waals surface area contributed by atoms with Gasteiger partial charge in [-0.05, 0) is 57.3 Å². The molecule has 0 unspecified atom stereocenters. The van der Waals surface area contributed by atoms with Crippen LogP contribution in [0.5, 0.6) is 0 Å². The minimum Gasteiger partial charge on any atom is -0.480 e. The maximum absolute atomic E-state index is 13.3. The smallest absolute Gasteiger partial charge is 0.325 e. The number of esters is 1. The molecule has 2 atom stereocenters. The van der Waals surface area contributed by atoms with Gasteiger partial charge in [-0.2, -0.15) is 0 Å². The molecule has 1 amide bonds. The molecule has 0 radical (unpaired) electrons. The van der Waals surface area contributed by atoms with Crippen LogP contribution in [0.3, 0.4) is 0 Å². The Bertz CT molecular complexity index is 817. The summed E-state index contributed by atoms with van der Waals surface area (Å²) in [6.07, 6.45) is 3.17. The molecule has 2 aliphatic heterocycles. The van der Waals surface area contributed by atoms with Crippen LogP contribution in [0.2, 0.25) is 0 Å². The van der Waals surface area contributed by atoms with Crippen molar-refractivity contribution in [2.75, 3.05) is 50.1 Å². The molecule has 182 valence electrons. The number of ether oxygens (including phenoxy) is 2. The van der Waals surface area contributed by atoms with Gasteiger partial charge in [0.1, 0.15) is 12.6 Å². The fraction of sp³-hybridized carbons (Fsp3) is 0.609. The van der Waals surface area contributed by atoms with Crippen molar-refractivity contribution in [2.24, 2.45) is 5.92 Å². The summed E-state index contributed by atoms with van der Waals surface area (Å²) in [5.41, 5.74) is 0.560. The molecule has 33 heavy (non-hydrogen) atoms. The number of para-hydroxylation sites is 1. The number of carboxylic acid groups (broad SMARTS) is 1. The normalized spacial score (nSPS) is 20.1. The number of thioether (sulfide) groups is 1. The summed E-state index contributed by atoms with van der Waals surface area (Å²) in [6.45, 7) is 4.16. The highest BCUT2D eigenvalue weighted by atomic mass is 32.2. The molecule has 1 fully saturated rings. The van der Waals surface area contributed by atoms with Crippen LogP contribution < -0.4 is 15.5 Å². The summed E-state index contributed by atoms with van der Waals surface area (Å²) in [6, 6.07) is 5.63. The lowest BCUT2D eigenvalue weighted by atomic mass is 9.95. The van der Waals surface area contributed by atoms with Gasteiger partial charge in [-0.3, -0.25) is 24.6 Å². The third kappa shape index (κ3) is 7.43. The number of nitrogens with one attached hydrogen (secondary N) is 2. The number of aliphatic carboxylic acids is 1. The summed E-state index contributed by atoms with van der Waals surface area (Å²) < 4.78 is 11.0. The minimum atomic E-state index is -1.10. The summed E-state index contributed by atoms with van der Waals surface area (Å²) in [7, 11) is 0. The Labute approximate surface area is 198 Å². The Kier molecular flexibility index (Phi) is 9.98. The Morgan fingerprint density at radius 3 is 2.79 bits per heavy atom. The van der Waals surface area contributed by atoms with E-state index in [0.717, 1.165) is 37.2 Å². The Balaban J connectivity index is 1.65. The highest BCUT2D eigenvalue weighted by molar-refractivity contribution is 7.99. The molecule has 2 heterocycles. The predicted octanol–water partition coefficient (Wildman–Crippen LogP) is 1.51. The van der Waals surface area contributed by atoms with Crippen LogP contribution in [-0.2, 0) is 23.9 Å². The average molecular weight is 480 g/mol. The van der Waals surface area contributed by atoms with Gasteiger partial charge in [-0.15, -0.1) is 11.8 Å². The van der Waals surface area contributed by atoms with Crippen molar-refractivity contribution in [2.45, 2.75) is 43.2 Å². The second-order valence-electron chi connectivity index (χ2n) is 8.18. The molecule has 2 aliphatic rings. The molecule has 0 aromatic heterocycles. The lowest BCUT2D eigenvalue weighted by Gasteiger charge is -2.27. The number of rotatable bonds is 11. The van der Waals surface area contributed by atoms with Gasteiger partial charge in [0, 0.05) is 17.3 Å². The summed E-state index contributed by atoms with van der Waals surface area (Å²) in [5.74, 6) is -1.01. The second kappa shape index (κ2) is 12.9. The van der Waals surface area contributed by atoms with Crippen LogP contribution in [0.1, 0.15) is 26.2 Å². The molecule has 0 spiro atoms. The second-order valence-corrected chi connectivity index (χ2v) is 9.24. The fourth-order valence-electron chi connectivity index (χ4n) is 4.06. The van der Waals surface area contributed by atoms with Crippen molar-refractivity contribution in [3.63, 3.8) is 0 Å². The number of amides is 1. The first-order valence-electron chi connectivity index (χ1n) is 11.5. The Morgan fingerprint density at radius 2 is 2.06 bits per heavy atom. The Hall–Kier alpha value is -2.14. The zero-order chi connectivity index (χ0) is 23.6. The first-order chi connectivity index (χ1) is 16.0. The highest BCUT2D eigenvalue weighted by Crippen LogP contribution is 2.34. The highest BCUT2D eigenvalue weighted by Gasteiger charge is 2.35. The topological polar surface area (TPSA) is 117 Å². The third-order valence-corrected chi connectivity index (χ3v) is 6.96. The zero-order valence-corrected chi connectivity index (χ0v) is 19.8. The number of hydrogen-bond donors (Lipinski definition) is 3. The van der Waals surface area contributed by atoms with E-state index in [-0.39, 0.29) is 19.1 Å². The number of benzene rings is 1. The van der Waals surface area contributed by atoms with Crippen LogP contribution in [0.4, 0.5) is 5.69 Å². The summed E-state index contributed by atoms with van der Waals surface area (Å²) in [5, 5.41) is 15.8. The van der Waals surface area contributed by atoms with Crippen LogP contribution in [0.15, 0.2) is 29.2 Å². The molecule has 3 N–H and O–H groups in total. The van der Waals surface area contributed by atoms with Gasteiger partial charge in [-0.1, -0.05) is 12.1 Å². The molecular weight excluding hydrogens is 446 g/mol. The van der Waals surface area contributed by atoms with Crippen molar-refractivity contribution >= 4 is 35.3 Å². The van der Waals surface area contributed by atoms with E-state index in [4.69, 9.17) is 9.47 Å². The molecule has 0 aliphatic carbocycles. The van der Waals surface area contributed by atoms with Gasteiger partial charge in [0.05, 0.1) is 24.9 Å². The third-order valence-electron chi connectivity index (χ3n) is 5.81. The number of carbonyl (C=O) groups excluding carboxylic acids is 2. The van der Waals surface area contributed by atoms with Gasteiger partial charge in [0.2, 0.25) is 5.91 Å². The first kappa shape index (κ1) is 25.5. The number of piperidine rings is 1. The number of carbonyl (C=O) groups is 3. The lowest BCUT2D eigenvalue weighted by molar-refractivity contribution is -0.148. The largest absolute Gasteiger partial charge is 0.480 e. The lowest BCUT2D eigenvalue weighted by Crippen LogP contribution is -2.55. The van der Waals surface area contributed by atoms with Gasteiger partial charge >= 0.3 is 11.9 Å². The van der Waals surface area contributed by atoms with Crippen molar-refractivity contribution in [3.8, 4) is 0 Å². The maximum atomic E-state index is 13.3. The van der Waals surface area contributed by atoms with Crippen LogP contribution in [-0.4, -0.2) is 80.2 Å². The van der Waals surface area contributed by atoms with Crippen molar-refractivity contribution in [3.05, 3.63) is 24.3 Å². The van der Waals surface area contributed by atoms with Gasteiger partial charge in [-0.25, -0.2) is 0 Å². The molecule has 1 aromatic carbocycles. The molecule has 9 nitrogen and oxygen atoms in total. The zero-order valence-electron chi connectivity index (χ0n) is 19.0. The molecule has 0 bridgehead atoms. The monoisotopic (exact) mass is 479 g/mol. The number of carboxylic acids is 1. The van der Waals surface area contributed by atoms with Gasteiger partial charge < -0.3 is 19.9 Å². The van der Waals surface area contributed by atoms with E-state index in [0.29, 0.717) is 24.0 Å². The van der Waals surface area contributed by atoms with Crippen molar-refractivity contribution in [1.82, 2.24) is 10.6 Å². The van der Waals surface area contributed by atoms with Crippen molar-refractivity contribution in [1.29, 1.82) is 0 Å². The van der Waals surface area contributed by atoms with E-state index in [1.165, 1.54) is 16.7 Å². The standard InChI is InChI=1S/C23H33N3O6S/c1-2-32-23(30)17(14-31-12-9-16-7-10-24-11-8-16)25-18-15-33-20-6-4-3-5-19(20)26(22(18)29)13-21(27)28/h3-6,16-18,24-25H,2,7-15H2,1H3,(H,27,28)/t17-,18-/m0/s1. The molecule has 3 rings (SSSR count). The molecule has 1 aromatic rings. The maximum Gasteiger partial charge on any atom is 0.325 e. The van der Waals surface area contributed by atoms with E-state index in [9.17, 15) is 19.5 Å². The number of hydrogen-bond acceptors (Lipinski definition) is 8. The van der Waals surface area contributed by atoms with E-state index < -0.39 is 30.6 Å². The van der Waals surface area contributed by atoms with Gasteiger partial charge in [0.15, 0.2) is 0 Å². The van der Waals surface area contributed by atoms with Crippen molar-refractivity contribution < 1.29 is 29.0 Å². The molecule has 0 saturated carbocycles. The van der Waals surface area contributed by atoms with E-state index in [1.807, 2.05) is 12.1 Å². The van der Waals surface area contributed by atoms with Gasteiger partial charge in [0.25, 0.3) is 0 Å². The summed E-state index contributed by atoms with van der Waals surface area (Å²) in [4.78, 5) is 39.4. The van der Waals surface area contributed by atoms with Crippen LogP contribution in [0.25, 0.3) is 0 Å². The van der Waals surface area contributed by atoms with Crippen LogP contribution in [0, 0.1) is 5.92 Å². The SMILES string of the molecule is CCOC(=O)[C@H](COCCC1CCNCC1)N[C@H]1CSc2ccccc2N(CC(=O)O)C1=O. The number of nitrogens with zero attached hydrogens (tertiary/aromatic N) is 1. The predicted molar refractivity (Wildman–Crippen MR) is 126 cm³/mol. The quantitative estimate of drug-likeness (QED) is 0.321. The molecule has 1 saturated heterocycles. The van der Waals surface area contributed by atoms with E-state index in [2.05, 4.69) is 10.6 Å². The minimum absolute atomic E-state index is 0.0874. The first-order valence-corrected chi connectivity index (χ1v) is 12.4. The summed E-state index contributed by atoms with van der Waals surface area (Å²) >= 11 is 1.45. The number of anilines is 1. The van der Waals surface area contributed by atoms with Crippen LogP contribution >= 0.6 is 11.8 Å².